The number of rotatable bonds is 3. The zero-order valence-electron chi connectivity index (χ0n) is 14.3. The Morgan fingerprint density at radius 1 is 0.957 bits per heavy atom. The summed E-state index contributed by atoms with van der Waals surface area (Å²) in [6.45, 7) is 5.79. The minimum atomic E-state index is 0.104. The van der Waals surface area contributed by atoms with Crippen molar-refractivity contribution in [1.82, 2.24) is 9.80 Å². The molecule has 0 N–H and O–H groups in total. The van der Waals surface area contributed by atoms with Gasteiger partial charge >= 0.3 is 0 Å². The predicted octanol–water partition coefficient (Wildman–Crippen LogP) is 2.05. The summed E-state index contributed by atoms with van der Waals surface area (Å²) in [5.41, 5.74) is 0. The second kappa shape index (κ2) is 7.65. The summed E-state index contributed by atoms with van der Waals surface area (Å²) < 4.78 is 5.27. The Balaban J connectivity index is 1.52. The fourth-order valence-electron chi connectivity index (χ4n) is 4.55. The predicted molar refractivity (Wildman–Crippen MR) is 87.9 cm³/mol. The van der Waals surface area contributed by atoms with Crippen LogP contribution in [-0.2, 0) is 14.3 Å². The van der Waals surface area contributed by atoms with Crippen LogP contribution in [0.2, 0.25) is 0 Å². The van der Waals surface area contributed by atoms with Crippen LogP contribution in [0.15, 0.2) is 0 Å². The van der Waals surface area contributed by atoms with Crippen molar-refractivity contribution in [3.8, 4) is 0 Å². The summed E-state index contributed by atoms with van der Waals surface area (Å²) in [6.07, 6.45) is 6.80. The zero-order valence-corrected chi connectivity index (χ0v) is 14.3. The van der Waals surface area contributed by atoms with Gasteiger partial charge in [0, 0.05) is 38.5 Å². The van der Waals surface area contributed by atoms with Gasteiger partial charge in [0.25, 0.3) is 0 Å². The molecule has 1 aliphatic carbocycles. The average molecular weight is 322 g/mol. The lowest BCUT2D eigenvalue weighted by molar-refractivity contribution is -0.143. The van der Waals surface area contributed by atoms with Crippen molar-refractivity contribution in [3.05, 3.63) is 0 Å². The molecule has 0 aromatic rings. The molecule has 3 atom stereocenters. The molecule has 2 amide bonds. The van der Waals surface area contributed by atoms with Gasteiger partial charge in [-0.3, -0.25) is 9.59 Å². The van der Waals surface area contributed by atoms with E-state index in [4.69, 9.17) is 4.74 Å². The fourth-order valence-corrected chi connectivity index (χ4v) is 4.55. The minimum Gasteiger partial charge on any atom is -0.378 e. The maximum Gasteiger partial charge on any atom is 0.223 e. The molecule has 2 heterocycles. The third-order valence-corrected chi connectivity index (χ3v) is 5.98. The Morgan fingerprint density at radius 2 is 1.65 bits per heavy atom. The van der Waals surface area contributed by atoms with Crippen molar-refractivity contribution in [2.24, 2.45) is 11.8 Å². The standard InChI is InChI=1S/C18H30N2O3/c1-14-8-9-20(16-5-3-2-4-15(14)16)18(22)7-6-17(21)19-10-12-23-13-11-19/h14-16H,2-13H2,1H3. The van der Waals surface area contributed by atoms with Crippen LogP contribution in [0.1, 0.15) is 51.9 Å². The van der Waals surface area contributed by atoms with E-state index in [0.717, 1.165) is 25.3 Å². The van der Waals surface area contributed by atoms with Gasteiger partial charge in [0.05, 0.1) is 13.2 Å². The van der Waals surface area contributed by atoms with Crippen molar-refractivity contribution < 1.29 is 14.3 Å². The van der Waals surface area contributed by atoms with Gasteiger partial charge in [-0.05, 0) is 31.1 Å². The number of nitrogens with zero attached hydrogens (tertiary/aromatic N) is 2. The molecular formula is C18H30N2O3. The maximum absolute atomic E-state index is 12.7. The first-order chi connectivity index (χ1) is 11.2. The highest BCUT2D eigenvalue weighted by Gasteiger charge is 2.39. The van der Waals surface area contributed by atoms with Crippen LogP contribution in [0.4, 0.5) is 0 Å². The van der Waals surface area contributed by atoms with E-state index in [1.54, 1.807) is 0 Å². The molecule has 0 bridgehead atoms. The van der Waals surface area contributed by atoms with Crippen LogP contribution in [0.3, 0.4) is 0 Å². The Labute approximate surface area is 139 Å². The number of piperidine rings is 1. The maximum atomic E-state index is 12.7. The Bertz CT molecular complexity index is 434. The largest absolute Gasteiger partial charge is 0.378 e. The number of carbonyl (C=O) groups excluding carboxylic acids is 2. The van der Waals surface area contributed by atoms with Crippen molar-refractivity contribution in [2.75, 3.05) is 32.8 Å². The zero-order chi connectivity index (χ0) is 16.2. The molecule has 3 aliphatic rings. The second-order valence-electron chi connectivity index (χ2n) is 7.36. The number of likely N-dealkylation sites (tertiary alicyclic amines) is 1. The van der Waals surface area contributed by atoms with E-state index in [-0.39, 0.29) is 11.8 Å². The highest BCUT2D eigenvalue weighted by Crippen LogP contribution is 2.39. The van der Waals surface area contributed by atoms with E-state index in [2.05, 4.69) is 11.8 Å². The number of ether oxygens (including phenoxy) is 1. The number of hydrogen-bond donors (Lipinski definition) is 0. The summed E-state index contributed by atoms with van der Waals surface area (Å²) in [4.78, 5) is 28.8. The van der Waals surface area contributed by atoms with Crippen molar-refractivity contribution >= 4 is 11.8 Å². The van der Waals surface area contributed by atoms with Crippen molar-refractivity contribution in [1.29, 1.82) is 0 Å². The van der Waals surface area contributed by atoms with Crippen LogP contribution >= 0.6 is 0 Å². The Morgan fingerprint density at radius 3 is 2.43 bits per heavy atom. The first kappa shape index (κ1) is 16.7. The van der Waals surface area contributed by atoms with E-state index in [1.165, 1.54) is 19.3 Å². The quantitative estimate of drug-likeness (QED) is 0.799. The van der Waals surface area contributed by atoms with Gasteiger partial charge in [0.1, 0.15) is 0 Å². The number of carbonyl (C=O) groups is 2. The molecule has 2 aliphatic heterocycles. The smallest absolute Gasteiger partial charge is 0.223 e. The van der Waals surface area contributed by atoms with Gasteiger partial charge in [-0.1, -0.05) is 19.8 Å². The lowest BCUT2D eigenvalue weighted by Gasteiger charge is -2.47. The van der Waals surface area contributed by atoms with Crippen molar-refractivity contribution in [3.63, 3.8) is 0 Å². The molecule has 0 aromatic heterocycles. The Hall–Kier alpha value is -1.10. The van der Waals surface area contributed by atoms with Gasteiger partial charge < -0.3 is 14.5 Å². The minimum absolute atomic E-state index is 0.104. The van der Waals surface area contributed by atoms with Crippen LogP contribution in [0.5, 0.6) is 0 Å². The topological polar surface area (TPSA) is 49.9 Å². The molecule has 1 saturated carbocycles. The van der Waals surface area contributed by atoms with Gasteiger partial charge in [0.2, 0.25) is 11.8 Å². The summed E-state index contributed by atoms with van der Waals surface area (Å²) in [7, 11) is 0. The van der Waals surface area contributed by atoms with Crippen LogP contribution in [0.25, 0.3) is 0 Å². The fraction of sp³-hybridized carbons (Fsp3) is 0.889. The monoisotopic (exact) mass is 322 g/mol. The third kappa shape index (κ3) is 3.87. The number of fused-ring (bicyclic) bond motifs is 1. The lowest BCUT2D eigenvalue weighted by atomic mass is 9.72. The van der Waals surface area contributed by atoms with Crippen LogP contribution in [0, 0.1) is 11.8 Å². The van der Waals surface area contributed by atoms with Gasteiger partial charge in [0.15, 0.2) is 0 Å². The van der Waals surface area contributed by atoms with Crippen molar-refractivity contribution in [2.45, 2.75) is 57.9 Å². The van der Waals surface area contributed by atoms with Gasteiger partial charge in [-0.15, -0.1) is 0 Å². The lowest BCUT2D eigenvalue weighted by Crippen LogP contribution is -2.52. The second-order valence-corrected chi connectivity index (χ2v) is 7.36. The SMILES string of the molecule is CC1CCN(C(=O)CCC(=O)N2CCOCC2)C2CCCCC12. The molecule has 2 saturated heterocycles. The third-order valence-electron chi connectivity index (χ3n) is 5.98. The van der Waals surface area contributed by atoms with Crippen LogP contribution in [-0.4, -0.2) is 60.5 Å². The highest BCUT2D eigenvalue weighted by molar-refractivity contribution is 5.84. The first-order valence-corrected chi connectivity index (χ1v) is 9.32. The van der Waals surface area contributed by atoms with E-state index < -0.39 is 0 Å². The molecule has 0 radical (unpaired) electrons. The van der Waals surface area contributed by atoms with E-state index in [0.29, 0.717) is 51.1 Å². The van der Waals surface area contributed by atoms with Gasteiger partial charge in [-0.2, -0.15) is 0 Å². The van der Waals surface area contributed by atoms with Gasteiger partial charge in [-0.25, -0.2) is 0 Å². The van der Waals surface area contributed by atoms with E-state index >= 15 is 0 Å². The summed E-state index contributed by atoms with van der Waals surface area (Å²) in [6, 6.07) is 0.429. The number of morpholine rings is 1. The number of amides is 2. The molecule has 0 spiro atoms. The molecule has 0 aromatic carbocycles. The van der Waals surface area contributed by atoms with Crippen LogP contribution < -0.4 is 0 Å². The molecule has 3 unspecified atom stereocenters. The molecule has 5 heteroatoms. The Kier molecular flexibility index (Phi) is 5.57. The van der Waals surface area contributed by atoms with E-state index in [9.17, 15) is 9.59 Å². The summed E-state index contributed by atoms with van der Waals surface area (Å²) >= 11 is 0. The normalized spacial score (nSPS) is 31.6. The first-order valence-electron chi connectivity index (χ1n) is 9.32. The molecular weight excluding hydrogens is 292 g/mol. The number of hydrogen-bond acceptors (Lipinski definition) is 3. The molecule has 3 rings (SSSR count). The molecule has 130 valence electrons. The molecule has 23 heavy (non-hydrogen) atoms. The highest BCUT2D eigenvalue weighted by atomic mass is 16.5. The summed E-state index contributed by atoms with van der Waals surface area (Å²) in [5, 5.41) is 0. The van der Waals surface area contributed by atoms with E-state index in [1.807, 2.05) is 4.90 Å². The molecule has 3 fully saturated rings. The molecule has 5 nitrogen and oxygen atoms in total. The summed E-state index contributed by atoms with van der Waals surface area (Å²) in [5.74, 6) is 1.71. The average Bonchev–Trinajstić information content (AvgIpc) is 2.60.